The van der Waals surface area contributed by atoms with Crippen LogP contribution in [0.3, 0.4) is 0 Å². The van der Waals surface area contributed by atoms with Gasteiger partial charge in [0.15, 0.2) is 18.1 Å². The summed E-state index contributed by atoms with van der Waals surface area (Å²) in [7, 11) is 0. The lowest BCUT2D eigenvalue weighted by molar-refractivity contribution is -0.142. The molecule has 2 aromatic rings. The van der Waals surface area contributed by atoms with Crippen LogP contribution in [0.2, 0.25) is 5.02 Å². The predicted octanol–water partition coefficient (Wildman–Crippen LogP) is 3.40. The van der Waals surface area contributed by atoms with Gasteiger partial charge in [0.1, 0.15) is 5.82 Å². The molecule has 0 bridgehead atoms. The molecule has 134 valence electrons. The zero-order chi connectivity index (χ0) is 18.5. The van der Waals surface area contributed by atoms with Crippen LogP contribution in [0.25, 0.3) is 6.08 Å². The zero-order valence-electron chi connectivity index (χ0n) is 13.3. The molecule has 26 heavy (non-hydrogen) atoms. The van der Waals surface area contributed by atoms with Crippen LogP contribution < -0.4 is 14.8 Å². The molecule has 0 unspecified atom stereocenters. The first kappa shape index (κ1) is 17.8. The van der Waals surface area contributed by atoms with Crippen molar-refractivity contribution in [2.24, 2.45) is 0 Å². The molecule has 0 aliphatic carbocycles. The zero-order valence-corrected chi connectivity index (χ0v) is 14.1. The van der Waals surface area contributed by atoms with Crippen LogP contribution in [-0.2, 0) is 14.3 Å². The molecule has 0 saturated heterocycles. The van der Waals surface area contributed by atoms with Crippen LogP contribution in [0.1, 0.15) is 5.56 Å². The lowest BCUT2D eigenvalue weighted by Gasteiger charge is -2.05. The quantitative estimate of drug-likeness (QED) is 0.638. The van der Waals surface area contributed by atoms with Gasteiger partial charge in [0.25, 0.3) is 5.91 Å². The second-order valence-electron chi connectivity index (χ2n) is 5.23. The van der Waals surface area contributed by atoms with E-state index in [0.717, 1.165) is 0 Å². The predicted molar refractivity (Wildman–Crippen MR) is 92.6 cm³/mol. The summed E-state index contributed by atoms with van der Waals surface area (Å²) < 4.78 is 28.1. The fourth-order valence-electron chi connectivity index (χ4n) is 2.16. The number of anilines is 1. The summed E-state index contributed by atoms with van der Waals surface area (Å²) in [6.07, 6.45) is 2.65. The average molecular weight is 378 g/mol. The summed E-state index contributed by atoms with van der Waals surface area (Å²) in [5.74, 6) is -0.700. The first-order chi connectivity index (χ1) is 12.5. The van der Waals surface area contributed by atoms with Crippen molar-refractivity contribution in [2.75, 3.05) is 18.7 Å². The van der Waals surface area contributed by atoms with E-state index >= 15 is 0 Å². The van der Waals surface area contributed by atoms with Crippen LogP contribution in [-0.4, -0.2) is 25.3 Å². The number of esters is 1. The molecule has 0 radical (unpaired) electrons. The van der Waals surface area contributed by atoms with E-state index in [1.807, 2.05) is 0 Å². The van der Waals surface area contributed by atoms with E-state index in [2.05, 4.69) is 5.32 Å². The molecule has 1 aliphatic heterocycles. The van der Waals surface area contributed by atoms with Crippen LogP contribution in [0.4, 0.5) is 10.1 Å². The Hall–Kier alpha value is -3.06. The first-order valence-corrected chi connectivity index (χ1v) is 7.88. The molecule has 0 aromatic heterocycles. The number of hydrogen-bond acceptors (Lipinski definition) is 5. The Labute approximate surface area is 153 Å². The van der Waals surface area contributed by atoms with Crippen LogP contribution >= 0.6 is 11.6 Å². The van der Waals surface area contributed by atoms with Gasteiger partial charge in [0, 0.05) is 11.8 Å². The molecule has 6 nitrogen and oxygen atoms in total. The van der Waals surface area contributed by atoms with Gasteiger partial charge in [0.05, 0.1) is 5.02 Å². The average Bonchev–Trinajstić information content (AvgIpc) is 3.09. The van der Waals surface area contributed by atoms with Crippen LogP contribution in [0.5, 0.6) is 11.5 Å². The van der Waals surface area contributed by atoms with Gasteiger partial charge in [-0.2, -0.15) is 0 Å². The van der Waals surface area contributed by atoms with Crippen LogP contribution in [0, 0.1) is 5.82 Å². The molecule has 8 heteroatoms. The highest BCUT2D eigenvalue weighted by Crippen LogP contribution is 2.40. The lowest BCUT2D eigenvalue weighted by Crippen LogP contribution is -2.20. The van der Waals surface area contributed by atoms with Crippen molar-refractivity contribution in [1.82, 2.24) is 0 Å². The number of carbonyl (C=O) groups excluding carboxylic acids is 2. The highest BCUT2D eigenvalue weighted by atomic mass is 35.5. The number of carbonyl (C=O) groups is 2. The number of halogens is 2. The normalized spacial score (nSPS) is 12.2. The SMILES string of the molecule is O=C(COC(=O)/C=C\c1cc(Cl)c2c(c1)OCO2)Nc1ccc(F)cc1. The molecule has 2 aromatic carbocycles. The third-order valence-electron chi connectivity index (χ3n) is 3.33. The smallest absolute Gasteiger partial charge is 0.331 e. The molecule has 1 heterocycles. The van der Waals surface area contributed by atoms with Crippen molar-refractivity contribution in [3.8, 4) is 11.5 Å². The van der Waals surface area contributed by atoms with Crippen molar-refractivity contribution in [3.05, 3.63) is 58.9 Å². The minimum atomic E-state index is -0.701. The maximum Gasteiger partial charge on any atom is 0.331 e. The van der Waals surface area contributed by atoms with Crippen molar-refractivity contribution >= 4 is 35.2 Å². The number of ether oxygens (including phenoxy) is 3. The Morgan fingerprint density at radius 1 is 1.23 bits per heavy atom. The minimum absolute atomic E-state index is 0.0907. The van der Waals surface area contributed by atoms with Crippen molar-refractivity contribution in [3.63, 3.8) is 0 Å². The second-order valence-corrected chi connectivity index (χ2v) is 5.64. The molecule has 1 amide bonds. The van der Waals surface area contributed by atoms with E-state index < -0.39 is 24.3 Å². The van der Waals surface area contributed by atoms with Crippen molar-refractivity contribution < 1.29 is 28.2 Å². The van der Waals surface area contributed by atoms with E-state index in [4.69, 9.17) is 25.8 Å². The number of nitrogens with one attached hydrogen (secondary N) is 1. The van der Waals surface area contributed by atoms with E-state index in [9.17, 15) is 14.0 Å². The lowest BCUT2D eigenvalue weighted by atomic mass is 10.2. The highest BCUT2D eigenvalue weighted by molar-refractivity contribution is 6.32. The maximum atomic E-state index is 12.8. The molecule has 0 spiro atoms. The molecule has 0 fully saturated rings. The number of fused-ring (bicyclic) bond motifs is 1. The van der Waals surface area contributed by atoms with E-state index in [-0.39, 0.29) is 6.79 Å². The molecule has 3 rings (SSSR count). The third kappa shape index (κ3) is 4.52. The standard InChI is InChI=1S/C18H13ClFNO5/c19-14-7-11(8-15-18(14)26-10-25-15)1-6-17(23)24-9-16(22)21-13-4-2-12(20)3-5-13/h1-8H,9-10H2,(H,21,22)/b6-1-. The molecular weight excluding hydrogens is 365 g/mol. The molecule has 0 atom stereocenters. The molecular formula is C18H13ClFNO5. The van der Waals surface area contributed by atoms with E-state index in [0.29, 0.717) is 27.8 Å². The summed E-state index contributed by atoms with van der Waals surface area (Å²) in [6, 6.07) is 8.50. The topological polar surface area (TPSA) is 73.9 Å². The summed E-state index contributed by atoms with van der Waals surface area (Å²) in [5.41, 5.74) is 1.02. The maximum absolute atomic E-state index is 12.8. The van der Waals surface area contributed by atoms with Gasteiger partial charge < -0.3 is 19.5 Å². The molecule has 1 aliphatic rings. The van der Waals surface area contributed by atoms with Crippen LogP contribution in [0.15, 0.2) is 42.5 Å². The number of amides is 1. The van der Waals surface area contributed by atoms with Gasteiger partial charge in [-0.05, 0) is 48.0 Å². The van der Waals surface area contributed by atoms with Crippen molar-refractivity contribution in [2.45, 2.75) is 0 Å². The van der Waals surface area contributed by atoms with Gasteiger partial charge in [0.2, 0.25) is 6.79 Å². The monoisotopic (exact) mass is 377 g/mol. The fraction of sp³-hybridized carbons (Fsp3) is 0.111. The Morgan fingerprint density at radius 2 is 2.00 bits per heavy atom. The minimum Gasteiger partial charge on any atom is -0.454 e. The van der Waals surface area contributed by atoms with E-state index in [1.54, 1.807) is 12.1 Å². The fourth-order valence-corrected chi connectivity index (χ4v) is 2.44. The third-order valence-corrected chi connectivity index (χ3v) is 3.62. The Bertz CT molecular complexity index is 867. The van der Waals surface area contributed by atoms with Gasteiger partial charge in [-0.25, -0.2) is 9.18 Å². The van der Waals surface area contributed by atoms with Gasteiger partial charge >= 0.3 is 5.97 Å². The largest absolute Gasteiger partial charge is 0.454 e. The Kier molecular flexibility index (Phi) is 5.38. The Balaban J connectivity index is 1.51. The highest BCUT2D eigenvalue weighted by Gasteiger charge is 2.17. The van der Waals surface area contributed by atoms with E-state index in [1.165, 1.54) is 36.4 Å². The molecule has 0 saturated carbocycles. The van der Waals surface area contributed by atoms with Gasteiger partial charge in [-0.1, -0.05) is 11.6 Å². The number of rotatable bonds is 5. The van der Waals surface area contributed by atoms with Gasteiger partial charge in [-0.15, -0.1) is 0 Å². The summed E-state index contributed by atoms with van der Waals surface area (Å²) in [4.78, 5) is 23.4. The first-order valence-electron chi connectivity index (χ1n) is 7.50. The second kappa shape index (κ2) is 7.88. The van der Waals surface area contributed by atoms with Gasteiger partial charge in [-0.3, -0.25) is 4.79 Å². The summed E-state index contributed by atoms with van der Waals surface area (Å²) in [6.45, 7) is -0.379. The number of benzene rings is 2. The number of hydrogen-bond donors (Lipinski definition) is 1. The van der Waals surface area contributed by atoms with Crippen molar-refractivity contribution in [1.29, 1.82) is 0 Å². The molecule has 1 N–H and O–H groups in total. The Morgan fingerprint density at radius 3 is 2.77 bits per heavy atom. The summed E-state index contributed by atoms with van der Waals surface area (Å²) in [5, 5.41) is 2.85. The summed E-state index contributed by atoms with van der Waals surface area (Å²) >= 11 is 6.05.